The maximum atomic E-state index is 16.1. The van der Waals surface area contributed by atoms with Gasteiger partial charge in [0.2, 0.25) is 17.7 Å². The fourth-order valence-electron chi connectivity index (χ4n) is 6.37. The summed E-state index contributed by atoms with van der Waals surface area (Å²) in [6.45, 7) is -0.190. The first kappa shape index (κ1) is 34.8. The number of ether oxygens (including phenoxy) is 3. The van der Waals surface area contributed by atoms with Crippen LogP contribution in [0, 0.1) is 12.0 Å². The molecule has 4 N–H and O–H groups in total. The number of halogens is 2. The quantitative estimate of drug-likeness (QED) is 0.181. The molecule has 5 aliphatic heterocycles. The molecule has 2 unspecified atom stereocenters. The van der Waals surface area contributed by atoms with Crippen LogP contribution >= 0.6 is 46.9 Å². The summed E-state index contributed by atoms with van der Waals surface area (Å²) < 4.78 is 35.3. The number of thioether (sulfide) groups is 3. The van der Waals surface area contributed by atoms with Crippen LogP contribution in [-0.4, -0.2) is 72.4 Å². The van der Waals surface area contributed by atoms with Gasteiger partial charge in [0.1, 0.15) is 35.0 Å². The Morgan fingerprint density at radius 3 is 1.95 bits per heavy atom. The van der Waals surface area contributed by atoms with Crippen molar-refractivity contribution in [1.82, 2.24) is 24.9 Å². The molecule has 21 heteroatoms. The number of carbonyl (C=O) groups excluding carboxylic acids is 4. The number of nitrogens with zero attached hydrogens (tertiary/aromatic N) is 5. The van der Waals surface area contributed by atoms with E-state index in [-0.39, 0.29) is 104 Å². The van der Waals surface area contributed by atoms with E-state index in [0.717, 1.165) is 16.7 Å². The van der Waals surface area contributed by atoms with Crippen LogP contribution < -0.4 is 35.5 Å². The van der Waals surface area contributed by atoms with Gasteiger partial charge in [-0.05, 0) is 36.4 Å². The second-order valence-corrected chi connectivity index (χ2v) is 16.0. The Balaban J connectivity index is 1.19. The number of pyridine rings is 5. The van der Waals surface area contributed by atoms with E-state index in [1.165, 1.54) is 29.6 Å². The molecule has 5 aromatic rings. The van der Waals surface area contributed by atoms with E-state index >= 15 is 4.39 Å². The van der Waals surface area contributed by atoms with Crippen LogP contribution in [0.2, 0.25) is 5.02 Å². The summed E-state index contributed by atoms with van der Waals surface area (Å²) in [4.78, 5) is 74.1. The highest BCUT2D eigenvalue weighted by Crippen LogP contribution is 2.54. The molecular weight excluding hydrogens is 809 g/mol. The van der Waals surface area contributed by atoms with Gasteiger partial charge < -0.3 is 35.5 Å². The SMILES string of the molecule is O=C1COc2ccc(C3Oc4c(-c5nc6c(cc5F)SCC(=O)N6)n[c]c(-c5nc6c(cc5Cl)SCC(=O)N6)c4OC3c3ccc4c(n3)NC(=O)CS4)nc2N1. The zero-order chi connectivity index (χ0) is 38.2. The van der Waals surface area contributed by atoms with E-state index in [1.54, 1.807) is 30.3 Å². The Morgan fingerprint density at radius 1 is 0.661 bits per heavy atom. The zero-order valence-electron chi connectivity index (χ0n) is 28.0. The van der Waals surface area contributed by atoms with E-state index in [1.807, 2.05) is 0 Å². The third-order valence-corrected chi connectivity index (χ3v) is 12.2. The second kappa shape index (κ2) is 13.5. The molecule has 5 aliphatic rings. The normalized spacial score (nSPS) is 19.2. The number of aromatic nitrogens is 5. The molecule has 0 fully saturated rings. The number of hydrogen-bond donors (Lipinski definition) is 4. The van der Waals surface area contributed by atoms with E-state index in [4.69, 9.17) is 30.8 Å². The number of rotatable bonds is 4. The summed E-state index contributed by atoms with van der Waals surface area (Å²) >= 11 is 10.6. The monoisotopic (exact) mass is 828 g/mol. The highest BCUT2D eigenvalue weighted by Gasteiger charge is 2.42. The molecule has 16 nitrogen and oxygen atoms in total. The van der Waals surface area contributed by atoms with Crippen molar-refractivity contribution in [3.63, 3.8) is 0 Å². The van der Waals surface area contributed by atoms with Crippen molar-refractivity contribution in [1.29, 1.82) is 0 Å². The Morgan fingerprint density at radius 2 is 1.23 bits per heavy atom. The lowest BCUT2D eigenvalue weighted by atomic mass is 10.0. The molecule has 0 aliphatic carbocycles. The molecule has 0 aromatic carbocycles. The molecule has 10 rings (SSSR count). The van der Waals surface area contributed by atoms with Crippen molar-refractivity contribution in [3.05, 3.63) is 64.8 Å². The third-order valence-electron chi connectivity index (χ3n) is 8.84. The number of nitrogens with one attached hydrogen (secondary N) is 4. The van der Waals surface area contributed by atoms with Gasteiger partial charge in [-0.2, -0.15) is 0 Å². The highest BCUT2D eigenvalue weighted by molar-refractivity contribution is 8.00. The maximum Gasteiger partial charge on any atom is 0.263 e. The van der Waals surface area contributed by atoms with Gasteiger partial charge in [-0.1, -0.05) is 11.6 Å². The van der Waals surface area contributed by atoms with E-state index < -0.39 is 23.9 Å². The molecule has 0 saturated carbocycles. The van der Waals surface area contributed by atoms with Gasteiger partial charge in [0, 0.05) is 0 Å². The van der Waals surface area contributed by atoms with Crippen molar-refractivity contribution in [2.75, 3.05) is 45.1 Å². The van der Waals surface area contributed by atoms with Gasteiger partial charge >= 0.3 is 0 Å². The molecule has 0 bridgehead atoms. The lowest BCUT2D eigenvalue weighted by Crippen LogP contribution is -2.31. The fourth-order valence-corrected chi connectivity index (χ4v) is 9.01. The minimum absolute atomic E-state index is 0.0368. The largest absolute Gasteiger partial charge is 0.480 e. The van der Waals surface area contributed by atoms with Gasteiger partial charge in [-0.3, -0.25) is 19.2 Å². The van der Waals surface area contributed by atoms with Crippen LogP contribution in [0.1, 0.15) is 23.6 Å². The molecule has 2 atom stereocenters. The molecule has 1 radical (unpaired) electrons. The van der Waals surface area contributed by atoms with Gasteiger partial charge in [0.05, 0.1) is 59.6 Å². The first-order valence-electron chi connectivity index (χ1n) is 16.6. The third kappa shape index (κ3) is 6.08. The number of amides is 4. The molecule has 56 heavy (non-hydrogen) atoms. The number of hydrogen-bond acceptors (Lipinski definition) is 15. The second-order valence-electron chi connectivity index (χ2n) is 12.5. The molecular formula is C35H20ClFN9O7S3. The Kier molecular flexibility index (Phi) is 8.38. The van der Waals surface area contributed by atoms with Crippen molar-refractivity contribution in [2.24, 2.45) is 0 Å². The summed E-state index contributed by atoms with van der Waals surface area (Å²) in [7, 11) is 0. The fraction of sp³-hybridized carbons (Fsp3) is 0.171. The number of carbonyl (C=O) groups is 4. The minimum Gasteiger partial charge on any atom is -0.480 e. The van der Waals surface area contributed by atoms with E-state index in [2.05, 4.69) is 47.4 Å². The first-order chi connectivity index (χ1) is 27.1. The Labute approximate surface area is 331 Å². The smallest absolute Gasteiger partial charge is 0.263 e. The summed E-state index contributed by atoms with van der Waals surface area (Å²) in [6, 6.07) is 9.62. The Bertz CT molecular complexity index is 2450. The summed E-state index contributed by atoms with van der Waals surface area (Å²) in [5.74, 6) is -0.489. The molecule has 0 saturated heterocycles. The highest BCUT2D eigenvalue weighted by atomic mass is 35.5. The van der Waals surface area contributed by atoms with Gasteiger partial charge in [0.25, 0.3) is 5.91 Å². The van der Waals surface area contributed by atoms with Crippen molar-refractivity contribution in [3.8, 4) is 39.9 Å². The lowest BCUT2D eigenvalue weighted by Gasteiger charge is -2.35. The van der Waals surface area contributed by atoms with Crippen LogP contribution in [0.5, 0.6) is 17.2 Å². The van der Waals surface area contributed by atoms with Crippen molar-refractivity contribution >= 4 is 93.8 Å². The standard InChI is InChI=1S/C35H20ClFN9O7S3/c36-13-5-19-34(43-23(49)10-55-19)45-25(13)12-7-38-27(26-14(37)6-20-35(46-26)44-24(50)11-56-20)31-28(12)52-29(16-2-4-18-33(40-16)42-22(48)9-54-18)30(53-31)15-1-3-17-32(39-15)41-21(47)8-51-17/h1-6,29-30H,8-11H2,(H,39,41,47)(H,40,42,48)(H,43,45,49)(H,44,46,50). The molecule has 279 valence electrons. The van der Waals surface area contributed by atoms with Gasteiger partial charge in [-0.15, -0.1) is 35.3 Å². The lowest BCUT2D eigenvalue weighted by molar-refractivity contribution is -0.119. The molecule has 10 heterocycles. The number of fused-ring (bicyclic) bond motifs is 5. The summed E-state index contributed by atoms with van der Waals surface area (Å²) in [5.41, 5.74) is 0.318. The minimum atomic E-state index is -1.17. The predicted octanol–water partition coefficient (Wildman–Crippen LogP) is 5.31. The van der Waals surface area contributed by atoms with Crippen LogP contribution in [0.3, 0.4) is 0 Å². The van der Waals surface area contributed by atoms with Crippen molar-refractivity contribution < 1.29 is 37.8 Å². The predicted molar refractivity (Wildman–Crippen MR) is 202 cm³/mol. The topological polar surface area (TPSA) is 209 Å². The maximum absolute atomic E-state index is 16.1. The molecule has 4 amide bonds. The molecule has 5 aromatic heterocycles. The molecule has 0 spiro atoms. The average molecular weight is 829 g/mol. The van der Waals surface area contributed by atoms with Crippen LogP contribution in [-0.2, 0) is 19.2 Å². The van der Waals surface area contributed by atoms with E-state index in [9.17, 15) is 19.2 Å². The van der Waals surface area contributed by atoms with Crippen LogP contribution in [0.4, 0.5) is 27.7 Å². The summed E-state index contributed by atoms with van der Waals surface area (Å²) in [6.07, 6.45) is 0.603. The van der Waals surface area contributed by atoms with Crippen LogP contribution in [0.15, 0.2) is 51.1 Å². The Hall–Kier alpha value is -5.70. The van der Waals surface area contributed by atoms with E-state index in [0.29, 0.717) is 27.1 Å². The van der Waals surface area contributed by atoms with Gasteiger partial charge in [0.15, 0.2) is 47.7 Å². The van der Waals surface area contributed by atoms with Gasteiger partial charge in [-0.25, -0.2) is 29.3 Å². The number of anilines is 4. The average Bonchev–Trinajstić information content (AvgIpc) is 3.19. The van der Waals surface area contributed by atoms with Crippen molar-refractivity contribution in [2.45, 2.75) is 26.9 Å². The van der Waals surface area contributed by atoms with Crippen LogP contribution in [0.25, 0.3) is 22.6 Å². The summed E-state index contributed by atoms with van der Waals surface area (Å²) in [5, 5.41) is 11.1. The first-order valence-corrected chi connectivity index (χ1v) is 19.9. The zero-order valence-corrected chi connectivity index (χ0v) is 31.2.